The average molecular weight is 86.5 g/mol. The van der Waals surface area contributed by atoms with Gasteiger partial charge in [-0.05, 0) is 0 Å². The van der Waals surface area contributed by atoms with E-state index >= 15 is 0 Å². The van der Waals surface area contributed by atoms with E-state index in [1.807, 2.05) is 0 Å². The van der Waals surface area contributed by atoms with Crippen molar-refractivity contribution in [3.05, 3.63) is 0 Å². The fourth-order valence-electron chi connectivity index (χ4n) is 0.136. The molecule has 0 atom stereocenters. The Labute approximate surface area is 36.1 Å². The zero-order valence-corrected chi connectivity index (χ0v) is 3.42. The van der Waals surface area contributed by atoms with E-state index in [2.05, 4.69) is 11.8 Å². The third-order valence-corrected chi connectivity index (χ3v) is 0.811. The molecular weight excluding hydrogens is 83.5 g/mol. The third kappa shape index (κ3) is 0.560. The summed E-state index contributed by atoms with van der Waals surface area (Å²) in [5, 5.41) is 0. The van der Waals surface area contributed by atoms with Crippen LogP contribution in [-0.2, 0) is 0 Å². The van der Waals surface area contributed by atoms with E-state index in [0.717, 1.165) is 0 Å². The molecule has 0 saturated heterocycles. The van der Waals surface area contributed by atoms with Crippen molar-refractivity contribution in [1.82, 2.24) is 0 Å². The molecule has 0 heterocycles. The Bertz CT molecular complexity index is 77.6. The normalized spacial score (nSPS) is 17.0. The van der Waals surface area contributed by atoms with Crippen molar-refractivity contribution in [2.24, 2.45) is 5.92 Å². The summed E-state index contributed by atoms with van der Waals surface area (Å²) in [5.74, 6) is 6.67. The molecule has 1 rings (SSSR count). The minimum Gasteiger partial charge on any atom is -0.124 e. The molecule has 0 radical (unpaired) electrons. The topological polar surface area (TPSA) is 0 Å². The van der Waals surface area contributed by atoms with Gasteiger partial charge in [-0.15, -0.1) is 11.6 Å². The molecule has 0 saturated carbocycles. The highest BCUT2D eigenvalue weighted by Crippen LogP contribution is 2.04. The minimum absolute atomic E-state index is 0.400. The Morgan fingerprint density at radius 2 is 2.20 bits per heavy atom. The number of alkyl halides is 1. The van der Waals surface area contributed by atoms with Crippen LogP contribution >= 0.6 is 11.6 Å². The van der Waals surface area contributed by atoms with Gasteiger partial charge in [0.2, 0.25) is 0 Å². The molecule has 0 aromatic rings. The van der Waals surface area contributed by atoms with Crippen LogP contribution in [0.3, 0.4) is 0 Å². The van der Waals surface area contributed by atoms with Crippen LogP contribution in [0.25, 0.3) is 0 Å². The molecule has 0 aliphatic heterocycles. The number of hydrogen-bond donors (Lipinski definition) is 0. The highest BCUT2D eigenvalue weighted by Gasteiger charge is 2.04. The quantitative estimate of drug-likeness (QED) is 0.328. The molecule has 5 heavy (non-hydrogen) atoms. The van der Waals surface area contributed by atoms with Gasteiger partial charge in [0, 0.05) is 5.88 Å². The van der Waals surface area contributed by atoms with E-state index < -0.39 is 0 Å². The van der Waals surface area contributed by atoms with Gasteiger partial charge in [0.25, 0.3) is 0 Å². The van der Waals surface area contributed by atoms with Crippen molar-refractivity contribution in [3.63, 3.8) is 0 Å². The van der Waals surface area contributed by atoms with E-state index in [9.17, 15) is 0 Å². The molecule has 0 nitrogen and oxygen atoms in total. The van der Waals surface area contributed by atoms with E-state index in [1.54, 1.807) is 0 Å². The van der Waals surface area contributed by atoms with Crippen molar-refractivity contribution >= 4 is 11.6 Å². The lowest BCUT2D eigenvalue weighted by molar-refractivity contribution is 1.13. The van der Waals surface area contributed by atoms with Crippen LogP contribution in [0.4, 0.5) is 0 Å². The smallest absolute Gasteiger partial charge is 0.0947 e. The lowest BCUT2D eigenvalue weighted by Gasteiger charge is -1.71. The van der Waals surface area contributed by atoms with Gasteiger partial charge in [-0.25, -0.2) is 0 Å². The first kappa shape index (κ1) is 3.06. The first-order chi connectivity index (χ1) is 2.43. The van der Waals surface area contributed by atoms with Gasteiger partial charge in [-0.2, -0.15) is 0 Å². The maximum absolute atomic E-state index is 5.27. The van der Waals surface area contributed by atoms with Crippen LogP contribution < -0.4 is 0 Å². The molecule has 0 aromatic carbocycles. The van der Waals surface area contributed by atoms with Crippen molar-refractivity contribution in [1.29, 1.82) is 0 Å². The van der Waals surface area contributed by atoms with E-state index in [0.29, 0.717) is 11.8 Å². The van der Waals surface area contributed by atoms with E-state index in [1.165, 1.54) is 0 Å². The van der Waals surface area contributed by atoms with Crippen LogP contribution in [0.1, 0.15) is 0 Å². The first-order valence-corrected chi connectivity index (χ1v) is 2.04. The largest absolute Gasteiger partial charge is 0.124 e. The molecule has 0 N–H and O–H groups in total. The van der Waals surface area contributed by atoms with Gasteiger partial charge >= 0.3 is 0 Å². The van der Waals surface area contributed by atoms with Crippen LogP contribution in [-0.4, -0.2) is 5.88 Å². The summed E-state index contributed by atoms with van der Waals surface area (Å²) in [6, 6.07) is 0. The number of hydrogen-bond acceptors (Lipinski definition) is 0. The van der Waals surface area contributed by atoms with E-state index in [-0.39, 0.29) is 0 Å². The summed E-state index contributed by atoms with van der Waals surface area (Å²) >= 11 is 5.27. The second-order valence-electron chi connectivity index (χ2n) is 0.996. The summed E-state index contributed by atoms with van der Waals surface area (Å²) in [7, 11) is 0. The van der Waals surface area contributed by atoms with Crippen LogP contribution in [0.15, 0.2) is 0 Å². The second-order valence-corrected chi connectivity index (χ2v) is 1.30. The molecule has 0 amide bonds. The molecule has 0 fully saturated rings. The van der Waals surface area contributed by atoms with Gasteiger partial charge in [0.15, 0.2) is 0 Å². The zero-order chi connectivity index (χ0) is 3.70. The molecule has 0 unspecified atom stereocenters. The fourth-order valence-corrected chi connectivity index (χ4v) is 0.290. The highest BCUT2D eigenvalue weighted by molar-refractivity contribution is 6.18. The van der Waals surface area contributed by atoms with Gasteiger partial charge in [-0.1, -0.05) is 11.8 Å². The highest BCUT2D eigenvalue weighted by atomic mass is 35.5. The van der Waals surface area contributed by atoms with Gasteiger partial charge in [0.05, 0.1) is 5.92 Å². The molecule has 1 aliphatic rings. The Balaban J connectivity index is 2.08. The first-order valence-electron chi connectivity index (χ1n) is 1.50. The Kier molecular flexibility index (Phi) is 0.559. The summed E-state index contributed by atoms with van der Waals surface area (Å²) in [6.07, 6.45) is 0. The summed E-state index contributed by atoms with van der Waals surface area (Å²) in [4.78, 5) is 0. The maximum Gasteiger partial charge on any atom is 0.0947 e. The van der Waals surface area contributed by atoms with Crippen LogP contribution in [0, 0.1) is 17.8 Å². The standard InChI is InChI=1S/C4H3Cl/c5-3-4-1-2-4/h4H,3H2. The SMILES string of the molecule is ClCC1C#C1. The van der Waals surface area contributed by atoms with Crippen LogP contribution in [0.5, 0.6) is 0 Å². The van der Waals surface area contributed by atoms with Crippen LogP contribution in [0.2, 0.25) is 0 Å². The maximum atomic E-state index is 5.27. The van der Waals surface area contributed by atoms with E-state index in [4.69, 9.17) is 11.6 Å². The molecule has 26 valence electrons. The van der Waals surface area contributed by atoms with Gasteiger partial charge in [-0.3, -0.25) is 0 Å². The lowest BCUT2D eigenvalue weighted by Crippen LogP contribution is -1.74. The number of halogens is 1. The van der Waals surface area contributed by atoms with Gasteiger partial charge in [0.1, 0.15) is 0 Å². The predicted molar refractivity (Wildman–Crippen MR) is 22.0 cm³/mol. The summed E-state index contributed by atoms with van der Waals surface area (Å²) in [6.45, 7) is 0. The molecular formula is C4H3Cl. The monoisotopic (exact) mass is 86.0 g/mol. The molecule has 0 spiro atoms. The van der Waals surface area contributed by atoms with Crippen molar-refractivity contribution in [3.8, 4) is 11.8 Å². The van der Waals surface area contributed by atoms with Gasteiger partial charge < -0.3 is 0 Å². The Hall–Kier alpha value is -0.150. The molecule has 1 heteroatoms. The molecule has 0 bridgehead atoms. The average Bonchev–Trinajstić information content (AvgIpc) is 2.12. The van der Waals surface area contributed by atoms with Crippen molar-refractivity contribution in [2.75, 3.05) is 5.88 Å². The molecule has 0 aromatic heterocycles. The Morgan fingerprint density at radius 3 is 2.20 bits per heavy atom. The minimum atomic E-state index is 0.400. The third-order valence-electron chi connectivity index (χ3n) is 0.503. The molecule has 1 aliphatic carbocycles. The summed E-state index contributed by atoms with van der Waals surface area (Å²) in [5.41, 5.74) is 0. The Morgan fingerprint density at radius 1 is 1.60 bits per heavy atom. The number of rotatable bonds is 1. The zero-order valence-electron chi connectivity index (χ0n) is 2.66. The fraction of sp³-hybridized carbons (Fsp3) is 0.500. The summed E-state index contributed by atoms with van der Waals surface area (Å²) < 4.78 is 0. The second kappa shape index (κ2) is 0.914. The lowest BCUT2D eigenvalue weighted by atomic mass is 10.4. The predicted octanol–water partition coefficient (Wildman–Crippen LogP) is 0.858. The van der Waals surface area contributed by atoms with Crippen molar-refractivity contribution < 1.29 is 0 Å². The van der Waals surface area contributed by atoms with Crippen molar-refractivity contribution in [2.45, 2.75) is 0 Å².